The van der Waals surface area contributed by atoms with E-state index >= 15 is 0 Å². The number of carboxylic acids is 1. The lowest BCUT2D eigenvalue weighted by atomic mass is 10.2. The lowest BCUT2D eigenvalue weighted by Gasteiger charge is -2.27. The van der Waals surface area contributed by atoms with Gasteiger partial charge in [-0.15, -0.1) is 0 Å². The van der Waals surface area contributed by atoms with Crippen LogP contribution in [0.1, 0.15) is 0 Å². The van der Waals surface area contributed by atoms with Crippen LogP contribution in [-0.2, 0) is 14.8 Å². The van der Waals surface area contributed by atoms with Gasteiger partial charge >= 0.3 is 0 Å². The van der Waals surface area contributed by atoms with Crippen LogP contribution >= 0.6 is 0 Å². The average molecular weight is 410 g/mol. The number of methoxy groups -OCH3 is 4. The zero-order valence-electron chi connectivity index (χ0n) is 15.8. The molecule has 0 saturated heterocycles. The topological polar surface area (TPSA) is 114 Å². The SMILES string of the molecule is COc1ccc(OC)c(N(CC(=O)[O-])S(=O)(=O)c2ccc(OC)c(OC)c2)c1. The van der Waals surface area contributed by atoms with Crippen LogP contribution in [0, 0.1) is 0 Å². The minimum atomic E-state index is -4.32. The summed E-state index contributed by atoms with van der Waals surface area (Å²) in [6.45, 7) is -0.930. The molecule has 0 radical (unpaired) electrons. The van der Waals surface area contributed by atoms with Crippen molar-refractivity contribution in [2.24, 2.45) is 0 Å². The molecule has 2 rings (SSSR count). The van der Waals surface area contributed by atoms with Crippen molar-refractivity contribution in [3.8, 4) is 23.0 Å². The van der Waals surface area contributed by atoms with Gasteiger partial charge in [0.25, 0.3) is 10.0 Å². The summed E-state index contributed by atoms with van der Waals surface area (Å²) in [7, 11) is 1.19. The summed E-state index contributed by atoms with van der Waals surface area (Å²) in [6, 6.07) is 8.32. The summed E-state index contributed by atoms with van der Waals surface area (Å²) in [5.41, 5.74) is -0.0131. The number of nitrogens with zero attached hydrogens (tertiary/aromatic N) is 1. The highest BCUT2D eigenvalue weighted by atomic mass is 32.2. The van der Waals surface area contributed by atoms with E-state index in [2.05, 4.69) is 0 Å². The van der Waals surface area contributed by atoms with Gasteiger partial charge in [0, 0.05) is 12.1 Å². The van der Waals surface area contributed by atoms with Crippen molar-refractivity contribution in [2.45, 2.75) is 4.90 Å². The Labute approximate surface area is 163 Å². The van der Waals surface area contributed by atoms with E-state index in [-0.39, 0.29) is 22.1 Å². The quantitative estimate of drug-likeness (QED) is 0.592. The van der Waals surface area contributed by atoms with Crippen LogP contribution in [0.25, 0.3) is 0 Å². The molecule has 9 nitrogen and oxygen atoms in total. The van der Waals surface area contributed by atoms with E-state index in [4.69, 9.17) is 18.9 Å². The molecule has 28 heavy (non-hydrogen) atoms. The number of carboxylic acid groups (broad SMARTS) is 1. The molecule has 2 aromatic carbocycles. The van der Waals surface area contributed by atoms with Crippen molar-refractivity contribution < 1.29 is 37.3 Å². The normalized spacial score (nSPS) is 10.9. The van der Waals surface area contributed by atoms with Crippen LogP contribution in [0.2, 0.25) is 0 Å². The van der Waals surface area contributed by atoms with E-state index < -0.39 is 22.5 Å². The number of carbonyl (C=O) groups is 1. The van der Waals surface area contributed by atoms with Gasteiger partial charge in [-0.1, -0.05) is 0 Å². The molecule has 0 saturated carbocycles. The van der Waals surface area contributed by atoms with Gasteiger partial charge < -0.3 is 28.8 Å². The molecule has 0 heterocycles. The van der Waals surface area contributed by atoms with Crippen molar-refractivity contribution >= 4 is 21.7 Å². The van der Waals surface area contributed by atoms with Crippen LogP contribution in [0.4, 0.5) is 5.69 Å². The first-order chi connectivity index (χ1) is 13.3. The van der Waals surface area contributed by atoms with Crippen LogP contribution < -0.4 is 28.4 Å². The van der Waals surface area contributed by atoms with E-state index in [0.717, 1.165) is 0 Å². The molecule has 0 fully saturated rings. The molecule has 0 unspecified atom stereocenters. The van der Waals surface area contributed by atoms with Crippen LogP contribution in [0.5, 0.6) is 23.0 Å². The number of benzene rings is 2. The van der Waals surface area contributed by atoms with E-state index in [1.165, 1.54) is 58.8 Å². The summed E-state index contributed by atoms with van der Waals surface area (Å²) in [5.74, 6) is -0.622. The van der Waals surface area contributed by atoms with Crippen molar-refractivity contribution in [1.82, 2.24) is 0 Å². The molecule has 0 aliphatic rings. The first-order valence-corrected chi connectivity index (χ1v) is 9.39. The third-order valence-corrected chi connectivity index (χ3v) is 5.63. The second-order valence-electron chi connectivity index (χ2n) is 5.44. The monoisotopic (exact) mass is 410 g/mol. The lowest BCUT2D eigenvalue weighted by Crippen LogP contribution is -2.41. The number of hydrogen-bond acceptors (Lipinski definition) is 8. The molecule has 2 aromatic rings. The largest absolute Gasteiger partial charge is 0.548 e. The predicted octanol–water partition coefficient (Wildman–Crippen LogP) is 0.666. The number of ether oxygens (including phenoxy) is 4. The fourth-order valence-electron chi connectivity index (χ4n) is 2.51. The molecule has 152 valence electrons. The Bertz CT molecular complexity index is 958. The Kier molecular flexibility index (Phi) is 6.57. The van der Waals surface area contributed by atoms with Crippen LogP contribution in [0.3, 0.4) is 0 Å². The average Bonchev–Trinajstić information content (AvgIpc) is 2.70. The highest BCUT2D eigenvalue weighted by molar-refractivity contribution is 7.92. The Morgan fingerprint density at radius 1 is 0.893 bits per heavy atom. The maximum atomic E-state index is 13.2. The zero-order valence-corrected chi connectivity index (χ0v) is 16.6. The number of rotatable bonds is 9. The van der Waals surface area contributed by atoms with Crippen LogP contribution in [-0.4, -0.2) is 49.4 Å². The van der Waals surface area contributed by atoms with Crippen LogP contribution in [0.15, 0.2) is 41.3 Å². The molecule has 0 spiro atoms. The molecular formula is C18H20NO8S-. The summed E-state index contributed by atoms with van der Waals surface area (Å²) < 4.78 is 47.7. The Morgan fingerprint density at radius 3 is 2.04 bits per heavy atom. The molecule has 0 aliphatic carbocycles. The zero-order chi connectivity index (χ0) is 20.9. The van der Waals surface area contributed by atoms with E-state index in [1.54, 1.807) is 6.07 Å². The lowest BCUT2D eigenvalue weighted by molar-refractivity contribution is -0.303. The molecule has 0 atom stereocenters. The van der Waals surface area contributed by atoms with Gasteiger partial charge in [0.1, 0.15) is 11.5 Å². The minimum absolute atomic E-state index is 0.0131. The number of hydrogen-bond donors (Lipinski definition) is 0. The first kappa shape index (κ1) is 21.2. The van der Waals surface area contributed by atoms with Gasteiger partial charge in [-0.3, -0.25) is 4.31 Å². The highest BCUT2D eigenvalue weighted by Crippen LogP contribution is 2.37. The van der Waals surface area contributed by atoms with E-state index in [0.29, 0.717) is 15.8 Å². The fraction of sp³-hybridized carbons (Fsp3) is 0.278. The summed E-state index contributed by atoms with van der Waals surface area (Å²) in [6.07, 6.45) is 0. The standard InChI is InChI=1S/C18H21NO8S/c1-24-12-5-7-15(25-2)14(9-12)19(11-18(20)21)28(22,23)13-6-8-16(26-3)17(10-13)27-4/h5-10H,11H2,1-4H3,(H,20,21)/p-1. The Morgan fingerprint density at radius 2 is 1.50 bits per heavy atom. The van der Waals surface area contributed by atoms with Gasteiger partial charge in [-0.25, -0.2) is 8.42 Å². The maximum absolute atomic E-state index is 13.2. The molecule has 0 aliphatic heterocycles. The second kappa shape index (κ2) is 8.70. The van der Waals surface area contributed by atoms with Gasteiger partial charge in [0.15, 0.2) is 11.5 Å². The highest BCUT2D eigenvalue weighted by Gasteiger charge is 2.29. The van der Waals surface area contributed by atoms with E-state index in [1.807, 2.05) is 0 Å². The summed E-state index contributed by atoms with van der Waals surface area (Å²) in [4.78, 5) is 11.1. The Balaban J connectivity index is 2.67. The van der Waals surface area contributed by atoms with Crippen molar-refractivity contribution in [2.75, 3.05) is 39.3 Å². The van der Waals surface area contributed by atoms with Crippen molar-refractivity contribution in [3.05, 3.63) is 36.4 Å². The molecule has 0 bridgehead atoms. The summed E-state index contributed by atoms with van der Waals surface area (Å²) >= 11 is 0. The predicted molar refractivity (Wildman–Crippen MR) is 98.6 cm³/mol. The first-order valence-electron chi connectivity index (χ1n) is 7.95. The third kappa shape index (κ3) is 4.22. The number of aliphatic carboxylic acids is 1. The minimum Gasteiger partial charge on any atom is -0.548 e. The molecule has 0 amide bonds. The molecule has 0 aromatic heterocycles. The summed E-state index contributed by atoms with van der Waals surface area (Å²) in [5, 5.41) is 11.3. The molecular weight excluding hydrogens is 390 g/mol. The van der Waals surface area contributed by atoms with Gasteiger partial charge in [0.2, 0.25) is 0 Å². The van der Waals surface area contributed by atoms with Gasteiger partial charge in [-0.05, 0) is 24.3 Å². The Hall–Kier alpha value is -3.14. The van der Waals surface area contributed by atoms with Gasteiger partial charge in [0.05, 0.1) is 51.5 Å². The van der Waals surface area contributed by atoms with Crippen molar-refractivity contribution in [3.63, 3.8) is 0 Å². The van der Waals surface area contributed by atoms with E-state index in [9.17, 15) is 18.3 Å². The third-order valence-electron chi connectivity index (χ3n) is 3.87. The molecule has 0 N–H and O–H groups in total. The number of anilines is 1. The second-order valence-corrected chi connectivity index (χ2v) is 7.30. The smallest absolute Gasteiger partial charge is 0.264 e. The fourth-order valence-corrected chi connectivity index (χ4v) is 3.94. The maximum Gasteiger partial charge on any atom is 0.264 e. The molecule has 10 heteroatoms. The van der Waals surface area contributed by atoms with Gasteiger partial charge in [-0.2, -0.15) is 0 Å². The number of sulfonamides is 1. The number of carbonyl (C=O) groups excluding carboxylic acids is 1. The van der Waals surface area contributed by atoms with Crippen molar-refractivity contribution in [1.29, 1.82) is 0 Å².